The first-order chi connectivity index (χ1) is 9.81. The van der Waals surface area contributed by atoms with Gasteiger partial charge in [0.05, 0.1) is 6.10 Å². The van der Waals surface area contributed by atoms with Crippen LogP contribution in [0, 0.1) is 0 Å². The summed E-state index contributed by atoms with van der Waals surface area (Å²) in [4.78, 5) is 0. The fourth-order valence-corrected chi connectivity index (χ4v) is 2.07. The van der Waals surface area contributed by atoms with Crippen molar-refractivity contribution in [2.45, 2.75) is 19.4 Å². The zero-order valence-electron chi connectivity index (χ0n) is 11.9. The maximum atomic E-state index is 10.1. The van der Waals surface area contributed by atoms with Crippen molar-refractivity contribution in [2.75, 3.05) is 39.5 Å². The van der Waals surface area contributed by atoms with Gasteiger partial charge in [0, 0.05) is 19.8 Å². The second-order valence-corrected chi connectivity index (χ2v) is 4.67. The van der Waals surface area contributed by atoms with Crippen molar-refractivity contribution in [2.24, 2.45) is 0 Å². The normalized spacial score (nSPS) is 15.1. The lowest BCUT2D eigenvalue weighted by Gasteiger charge is -2.20. The van der Waals surface area contributed by atoms with Crippen LogP contribution >= 0.6 is 0 Å². The van der Waals surface area contributed by atoms with Crippen LogP contribution in [0.25, 0.3) is 0 Å². The maximum absolute atomic E-state index is 10.1. The molecule has 0 spiro atoms. The number of hydrogen-bond acceptors (Lipinski definition) is 5. The van der Waals surface area contributed by atoms with E-state index >= 15 is 0 Å². The predicted molar refractivity (Wildman–Crippen MR) is 76.4 cm³/mol. The summed E-state index contributed by atoms with van der Waals surface area (Å²) in [7, 11) is 0. The summed E-state index contributed by atoms with van der Waals surface area (Å²) in [5.74, 6) is 1.46. The Morgan fingerprint density at radius 3 is 2.90 bits per heavy atom. The minimum absolute atomic E-state index is 0.520. The van der Waals surface area contributed by atoms with Crippen molar-refractivity contribution in [1.29, 1.82) is 0 Å². The fourth-order valence-electron chi connectivity index (χ4n) is 2.07. The zero-order chi connectivity index (χ0) is 14.2. The third kappa shape index (κ3) is 4.37. The standard InChI is InChI=1S/C15H23NO4/c1-2-18-7-3-6-16-11-13(17)12-4-5-14-15(10-12)20-9-8-19-14/h4-5,10,13,16-17H,2-3,6-9,11H2,1H3. The van der Waals surface area contributed by atoms with Gasteiger partial charge in [-0.05, 0) is 37.6 Å². The molecule has 1 heterocycles. The first kappa shape index (κ1) is 15.1. The van der Waals surface area contributed by atoms with Crippen LogP contribution in [-0.4, -0.2) is 44.6 Å². The summed E-state index contributed by atoms with van der Waals surface area (Å²) < 4.78 is 16.2. The van der Waals surface area contributed by atoms with Crippen LogP contribution in [0.3, 0.4) is 0 Å². The number of rotatable bonds is 8. The summed E-state index contributed by atoms with van der Waals surface area (Å²) in [6.45, 7) is 5.98. The SMILES string of the molecule is CCOCCCNCC(O)c1ccc2c(c1)OCCO2. The van der Waals surface area contributed by atoms with Gasteiger partial charge in [-0.3, -0.25) is 0 Å². The van der Waals surface area contributed by atoms with Gasteiger partial charge in [0.25, 0.3) is 0 Å². The highest BCUT2D eigenvalue weighted by Gasteiger charge is 2.15. The Bertz CT molecular complexity index is 411. The highest BCUT2D eigenvalue weighted by molar-refractivity contribution is 5.44. The Balaban J connectivity index is 1.76. The van der Waals surface area contributed by atoms with E-state index in [-0.39, 0.29) is 0 Å². The number of benzene rings is 1. The van der Waals surface area contributed by atoms with Gasteiger partial charge in [0.1, 0.15) is 13.2 Å². The Kier molecular flexibility index (Phi) is 6.11. The van der Waals surface area contributed by atoms with Gasteiger partial charge in [-0.1, -0.05) is 6.07 Å². The van der Waals surface area contributed by atoms with Crippen LogP contribution in [0.5, 0.6) is 11.5 Å². The van der Waals surface area contributed by atoms with Crippen LogP contribution in [-0.2, 0) is 4.74 Å². The second kappa shape index (κ2) is 8.09. The van der Waals surface area contributed by atoms with Crippen LogP contribution in [0.2, 0.25) is 0 Å². The van der Waals surface area contributed by atoms with Crippen molar-refractivity contribution in [3.8, 4) is 11.5 Å². The van der Waals surface area contributed by atoms with Gasteiger partial charge in [-0.25, -0.2) is 0 Å². The molecule has 1 unspecified atom stereocenters. The lowest BCUT2D eigenvalue weighted by Crippen LogP contribution is -2.23. The van der Waals surface area contributed by atoms with Crippen molar-refractivity contribution in [1.82, 2.24) is 5.32 Å². The van der Waals surface area contributed by atoms with Crippen molar-refractivity contribution < 1.29 is 19.3 Å². The number of aliphatic hydroxyl groups is 1. The van der Waals surface area contributed by atoms with E-state index in [0.29, 0.717) is 25.5 Å². The molecule has 0 radical (unpaired) electrons. The highest BCUT2D eigenvalue weighted by Crippen LogP contribution is 2.32. The van der Waals surface area contributed by atoms with E-state index < -0.39 is 6.10 Å². The molecule has 1 aliphatic rings. The molecule has 0 fully saturated rings. The average Bonchev–Trinajstić information content (AvgIpc) is 2.50. The molecule has 20 heavy (non-hydrogen) atoms. The predicted octanol–water partition coefficient (Wildman–Crippen LogP) is 1.51. The van der Waals surface area contributed by atoms with Gasteiger partial charge < -0.3 is 24.6 Å². The Hall–Kier alpha value is -1.30. The number of aliphatic hydroxyl groups excluding tert-OH is 1. The molecule has 0 aromatic heterocycles. The smallest absolute Gasteiger partial charge is 0.161 e. The van der Waals surface area contributed by atoms with E-state index in [1.54, 1.807) is 0 Å². The van der Waals surface area contributed by atoms with Crippen LogP contribution < -0.4 is 14.8 Å². The zero-order valence-corrected chi connectivity index (χ0v) is 11.9. The number of ether oxygens (including phenoxy) is 3. The maximum Gasteiger partial charge on any atom is 0.161 e. The monoisotopic (exact) mass is 281 g/mol. The lowest BCUT2D eigenvalue weighted by atomic mass is 10.1. The molecule has 0 bridgehead atoms. The Morgan fingerprint density at radius 2 is 2.10 bits per heavy atom. The topological polar surface area (TPSA) is 60.0 Å². The number of hydrogen-bond donors (Lipinski definition) is 2. The van der Waals surface area contributed by atoms with Crippen LogP contribution in [0.4, 0.5) is 0 Å². The molecule has 0 aliphatic carbocycles. The minimum atomic E-state index is -0.544. The van der Waals surface area contributed by atoms with Gasteiger partial charge in [0.15, 0.2) is 11.5 Å². The summed E-state index contributed by atoms with van der Waals surface area (Å²) in [6, 6.07) is 5.57. The molecule has 1 aliphatic heterocycles. The first-order valence-corrected chi connectivity index (χ1v) is 7.17. The molecule has 5 nitrogen and oxygen atoms in total. The molecular weight excluding hydrogens is 258 g/mol. The van der Waals surface area contributed by atoms with Crippen LogP contribution in [0.15, 0.2) is 18.2 Å². The highest BCUT2D eigenvalue weighted by atomic mass is 16.6. The van der Waals surface area contributed by atoms with Crippen molar-refractivity contribution in [3.05, 3.63) is 23.8 Å². The molecule has 1 aromatic rings. The first-order valence-electron chi connectivity index (χ1n) is 7.17. The van der Waals surface area contributed by atoms with E-state index in [0.717, 1.165) is 37.5 Å². The third-order valence-electron chi connectivity index (χ3n) is 3.14. The van der Waals surface area contributed by atoms with Crippen molar-refractivity contribution >= 4 is 0 Å². The van der Waals surface area contributed by atoms with E-state index in [1.165, 1.54) is 0 Å². The molecule has 0 saturated heterocycles. The van der Waals surface area contributed by atoms with Gasteiger partial charge in [0.2, 0.25) is 0 Å². The fraction of sp³-hybridized carbons (Fsp3) is 0.600. The summed E-state index contributed by atoms with van der Waals surface area (Å²) in [5, 5.41) is 13.4. The second-order valence-electron chi connectivity index (χ2n) is 4.67. The summed E-state index contributed by atoms with van der Waals surface area (Å²) >= 11 is 0. The van der Waals surface area contributed by atoms with Crippen molar-refractivity contribution in [3.63, 3.8) is 0 Å². The third-order valence-corrected chi connectivity index (χ3v) is 3.14. The van der Waals surface area contributed by atoms with E-state index in [4.69, 9.17) is 14.2 Å². The summed E-state index contributed by atoms with van der Waals surface area (Å²) in [5.41, 5.74) is 0.839. The summed E-state index contributed by atoms with van der Waals surface area (Å²) in [6.07, 6.45) is 0.403. The van der Waals surface area contributed by atoms with E-state index in [9.17, 15) is 5.11 Å². The van der Waals surface area contributed by atoms with E-state index in [2.05, 4.69) is 5.32 Å². The average molecular weight is 281 g/mol. The number of fused-ring (bicyclic) bond motifs is 1. The largest absolute Gasteiger partial charge is 0.486 e. The van der Waals surface area contributed by atoms with Gasteiger partial charge >= 0.3 is 0 Å². The quantitative estimate of drug-likeness (QED) is 0.707. The van der Waals surface area contributed by atoms with E-state index in [1.807, 2.05) is 25.1 Å². The minimum Gasteiger partial charge on any atom is -0.486 e. The van der Waals surface area contributed by atoms with Gasteiger partial charge in [-0.2, -0.15) is 0 Å². The molecule has 1 aromatic carbocycles. The molecule has 5 heteroatoms. The number of nitrogens with one attached hydrogen (secondary N) is 1. The Morgan fingerprint density at radius 1 is 1.30 bits per heavy atom. The molecule has 2 N–H and O–H groups in total. The molecule has 1 atom stereocenters. The Labute approximate surface area is 119 Å². The van der Waals surface area contributed by atoms with Gasteiger partial charge in [-0.15, -0.1) is 0 Å². The molecule has 0 amide bonds. The molecule has 2 rings (SSSR count). The molecule has 0 saturated carbocycles. The molecular formula is C15H23NO4. The molecule has 112 valence electrons. The lowest BCUT2D eigenvalue weighted by molar-refractivity contribution is 0.140. The van der Waals surface area contributed by atoms with Crippen LogP contribution in [0.1, 0.15) is 25.0 Å².